The summed E-state index contributed by atoms with van der Waals surface area (Å²) in [6, 6.07) is 21.7. The van der Waals surface area contributed by atoms with Gasteiger partial charge in [-0.3, -0.25) is 9.69 Å². The number of nitrogens with zero attached hydrogens (tertiary/aromatic N) is 1. The number of hydrogen-bond acceptors (Lipinski definition) is 6. The summed E-state index contributed by atoms with van der Waals surface area (Å²) in [5.41, 5.74) is 4.35. The third-order valence-corrected chi connectivity index (χ3v) is 6.79. The molecule has 1 heterocycles. The van der Waals surface area contributed by atoms with Gasteiger partial charge in [-0.15, -0.1) is 0 Å². The van der Waals surface area contributed by atoms with Crippen molar-refractivity contribution in [1.29, 1.82) is 0 Å². The van der Waals surface area contributed by atoms with E-state index in [9.17, 15) is 17.8 Å². The Balaban J connectivity index is 1.65. The van der Waals surface area contributed by atoms with Gasteiger partial charge in [-0.25, -0.2) is 8.42 Å². The summed E-state index contributed by atoms with van der Waals surface area (Å²) in [6.45, 7) is 1.33. The quantitative estimate of drug-likeness (QED) is 0.346. The monoisotopic (exact) mass is 480 g/mol. The molecule has 0 aliphatic carbocycles. The van der Waals surface area contributed by atoms with Crippen molar-refractivity contribution in [3.05, 3.63) is 83.9 Å². The molecule has 0 fully saturated rings. The lowest BCUT2D eigenvalue weighted by Gasteiger charge is -2.31. The van der Waals surface area contributed by atoms with Gasteiger partial charge < -0.3 is 14.4 Å². The van der Waals surface area contributed by atoms with E-state index in [0.717, 1.165) is 29.5 Å². The zero-order chi connectivity index (χ0) is 24.1. The number of unbranched alkanes of at least 4 members (excludes halogenated alkanes) is 2. The van der Waals surface area contributed by atoms with Crippen LogP contribution in [0.4, 0.5) is 0 Å². The number of benzene rings is 3. The van der Waals surface area contributed by atoms with Crippen LogP contribution in [0.5, 0.6) is 5.75 Å². The fourth-order valence-electron chi connectivity index (χ4n) is 4.29. The SMILES string of the molecule is O=C(O)CCCCCN1Cc2ccccc2-c2ccccc2C1Oc1ccc(S(=O)(=O)[O-])cc1. The van der Waals surface area contributed by atoms with Crippen LogP contribution in [-0.2, 0) is 21.5 Å². The predicted molar refractivity (Wildman–Crippen MR) is 126 cm³/mol. The topological polar surface area (TPSA) is 107 Å². The Kier molecular flexibility index (Phi) is 7.31. The van der Waals surface area contributed by atoms with Gasteiger partial charge in [0.15, 0.2) is 6.23 Å². The molecule has 0 saturated carbocycles. The van der Waals surface area contributed by atoms with Crippen molar-refractivity contribution in [2.45, 2.75) is 43.4 Å². The van der Waals surface area contributed by atoms with Gasteiger partial charge in [0.05, 0.1) is 4.90 Å². The molecule has 1 atom stereocenters. The maximum Gasteiger partial charge on any atom is 0.303 e. The van der Waals surface area contributed by atoms with Crippen LogP contribution in [0.3, 0.4) is 0 Å². The molecular formula is C26H26NO6S-. The Morgan fingerprint density at radius 2 is 1.62 bits per heavy atom. The lowest BCUT2D eigenvalue weighted by atomic mass is 9.96. The van der Waals surface area contributed by atoms with Crippen molar-refractivity contribution >= 4 is 16.1 Å². The van der Waals surface area contributed by atoms with Gasteiger partial charge in [0.2, 0.25) is 0 Å². The van der Waals surface area contributed by atoms with Crippen LogP contribution in [0.15, 0.2) is 77.7 Å². The number of carboxylic acid groups (broad SMARTS) is 1. The Morgan fingerprint density at radius 1 is 0.941 bits per heavy atom. The molecule has 0 spiro atoms. The minimum atomic E-state index is -4.54. The molecule has 0 aromatic heterocycles. The average Bonchev–Trinajstić information content (AvgIpc) is 2.94. The van der Waals surface area contributed by atoms with Gasteiger partial charge >= 0.3 is 5.97 Å². The summed E-state index contributed by atoms with van der Waals surface area (Å²) < 4.78 is 40.3. The molecule has 7 nitrogen and oxygen atoms in total. The molecule has 1 aliphatic heterocycles. The molecule has 1 N–H and O–H groups in total. The Labute approximate surface area is 199 Å². The Morgan fingerprint density at radius 3 is 2.32 bits per heavy atom. The highest BCUT2D eigenvalue weighted by Gasteiger charge is 2.29. The van der Waals surface area contributed by atoms with Gasteiger partial charge in [0.25, 0.3) is 0 Å². The van der Waals surface area contributed by atoms with E-state index in [1.54, 1.807) is 0 Å². The van der Waals surface area contributed by atoms with E-state index in [4.69, 9.17) is 9.84 Å². The van der Waals surface area contributed by atoms with Gasteiger partial charge in [0.1, 0.15) is 15.9 Å². The number of carboxylic acids is 1. The standard InChI is InChI=1S/C26H27NO6S/c28-25(29)12-2-1-7-17-27-18-19-8-3-4-9-22(19)23-10-5-6-11-24(23)26(27)33-20-13-15-21(16-14-20)34(30,31)32/h3-6,8-11,13-16,26H,1-2,7,12,17-18H2,(H,28,29)(H,30,31,32)/p-1. The number of ether oxygens (including phenoxy) is 1. The van der Waals surface area contributed by atoms with Crippen LogP contribution in [0, 0.1) is 0 Å². The van der Waals surface area contributed by atoms with Crippen LogP contribution < -0.4 is 4.74 Å². The zero-order valence-electron chi connectivity index (χ0n) is 18.6. The highest BCUT2D eigenvalue weighted by Crippen LogP contribution is 2.39. The number of rotatable bonds is 9. The molecule has 0 amide bonds. The second kappa shape index (κ2) is 10.4. The summed E-state index contributed by atoms with van der Waals surface area (Å²) >= 11 is 0. The van der Waals surface area contributed by atoms with Crippen LogP contribution >= 0.6 is 0 Å². The van der Waals surface area contributed by atoms with Crippen molar-refractivity contribution in [2.75, 3.05) is 6.54 Å². The molecule has 34 heavy (non-hydrogen) atoms. The zero-order valence-corrected chi connectivity index (χ0v) is 19.4. The van der Waals surface area contributed by atoms with Crippen LogP contribution in [0.2, 0.25) is 0 Å². The maximum absolute atomic E-state index is 11.3. The fraction of sp³-hybridized carbons (Fsp3) is 0.269. The van der Waals surface area contributed by atoms with Crippen molar-refractivity contribution < 1.29 is 27.6 Å². The minimum absolute atomic E-state index is 0.153. The van der Waals surface area contributed by atoms with Crippen molar-refractivity contribution in [3.63, 3.8) is 0 Å². The largest absolute Gasteiger partial charge is 0.744 e. The third-order valence-electron chi connectivity index (χ3n) is 5.94. The second-order valence-corrected chi connectivity index (χ2v) is 9.69. The van der Waals surface area contributed by atoms with Crippen molar-refractivity contribution in [1.82, 2.24) is 4.90 Å². The molecule has 0 saturated heterocycles. The smallest absolute Gasteiger partial charge is 0.303 e. The first-order valence-electron chi connectivity index (χ1n) is 11.2. The Hall–Kier alpha value is -3.20. The second-order valence-electron chi connectivity index (χ2n) is 8.32. The summed E-state index contributed by atoms with van der Waals surface area (Å²) in [5, 5.41) is 8.91. The Bertz CT molecular complexity index is 1260. The van der Waals surface area contributed by atoms with E-state index in [-0.39, 0.29) is 11.3 Å². The van der Waals surface area contributed by atoms with E-state index < -0.39 is 22.3 Å². The third kappa shape index (κ3) is 5.64. The van der Waals surface area contributed by atoms with Crippen molar-refractivity contribution in [2.24, 2.45) is 0 Å². The van der Waals surface area contributed by atoms with Gasteiger partial charge in [-0.1, -0.05) is 55.0 Å². The number of carbonyl (C=O) groups is 1. The lowest BCUT2D eigenvalue weighted by Crippen LogP contribution is -2.32. The first-order chi connectivity index (χ1) is 16.3. The maximum atomic E-state index is 11.3. The van der Waals surface area contributed by atoms with Crippen LogP contribution in [0.1, 0.15) is 43.0 Å². The molecule has 0 bridgehead atoms. The van der Waals surface area contributed by atoms with Crippen LogP contribution in [-0.4, -0.2) is 35.5 Å². The summed E-state index contributed by atoms with van der Waals surface area (Å²) in [4.78, 5) is 12.7. The molecule has 1 aliphatic rings. The normalized spacial score (nSPS) is 15.7. The first kappa shape index (κ1) is 23.9. The summed E-state index contributed by atoms with van der Waals surface area (Å²) in [6.07, 6.45) is 1.92. The number of aliphatic carboxylic acids is 1. The number of fused-ring (bicyclic) bond motifs is 3. The highest BCUT2D eigenvalue weighted by molar-refractivity contribution is 7.85. The predicted octanol–water partition coefficient (Wildman–Crippen LogP) is 4.80. The highest BCUT2D eigenvalue weighted by atomic mass is 32.2. The molecule has 3 aromatic carbocycles. The molecular weight excluding hydrogens is 454 g/mol. The fourth-order valence-corrected chi connectivity index (χ4v) is 4.76. The first-order valence-corrected chi connectivity index (χ1v) is 12.6. The van der Waals surface area contributed by atoms with Gasteiger partial charge in [-0.2, -0.15) is 0 Å². The molecule has 0 radical (unpaired) electrons. The summed E-state index contributed by atoms with van der Waals surface area (Å²) in [7, 11) is -4.54. The van der Waals surface area contributed by atoms with E-state index in [0.29, 0.717) is 25.3 Å². The van der Waals surface area contributed by atoms with Crippen LogP contribution in [0.25, 0.3) is 11.1 Å². The minimum Gasteiger partial charge on any atom is -0.744 e. The molecule has 3 aromatic rings. The van der Waals surface area contributed by atoms with E-state index in [2.05, 4.69) is 23.1 Å². The van der Waals surface area contributed by atoms with Gasteiger partial charge in [0, 0.05) is 25.1 Å². The van der Waals surface area contributed by atoms with Crippen molar-refractivity contribution in [3.8, 4) is 16.9 Å². The van der Waals surface area contributed by atoms with E-state index in [1.807, 2.05) is 30.3 Å². The molecule has 4 rings (SSSR count). The lowest BCUT2D eigenvalue weighted by molar-refractivity contribution is -0.137. The number of hydrogen-bond donors (Lipinski definition) is 1. The van der Waals surface area contributed by atoms with E-state index in [1.165, 1.54) is 29.8 Å². The molecule has 1 unspecified atom stereocenters. The summed E-state index contributed by atoms with van der Waals surface area (Å²) in [5.74, 6) is -0.337. The van der Waals surface area contributed by atoms with Gasteiger partial charge in [-0.05, 0) is 53.8 Å². The average molecular weight is 481 g/mol. The van der Waals surface area contributed by atoms with E-state index >= 15 is 0 Å². The molecule has 178 valence electrons. The molecule has 8 heteroatoms.